The van der Waals surface area contributed by atoms with Crippen LogP contribution in [0.4, 0.5) is 0 Å². The predicted octanol–water partition coefficient (Wildman–Crippen LogP) is 0.00256. The zero-order valence-electron chi connectivity index (χ0n) is 6.88. The van der Waals surface area contributed by atoms with Crippen LogP contribution in [0.3, 0.4) is 0 Å². The predicted molar refractivity (Wildman–Crippen MR) is 43.5 cm³/mol. The third kappa shape index (κ3) is 1.55. The van der Waals surface area contributed by atoms with E-state index in [1.54, 1.807) is 0 Å². The average molecular weight is 164 g/mol. The summed E-state index contributed by atoms with van der Waals surface area (Å²) in [6.45, 7) is 0. The van der Waals surface area contributed by atoms with Crippen molar-refractivity contribution in [2.45, 2.75) is 36.8 Å². The Labute approximate surface area is 71.8 Å². The molecule has 1 fully saturated rings. The van der Waals surface area contributed by atoms with Crippen molar-refractivity contribution in [3.8, 4) is 12.1 Å². The fourth-order valence-electron chi connectivity index (χ4n) is 1.37. The largest absolute Gasteiger partial charge is 0.313 e. The van der Waals surface area contributed by atoms with Crippen LogP contribution in [-0.2, 0) is 0 Å². The topological polar surface area (TPSA) is 99.6 Å². The van der Waals surface area contributed by atoms with Gasteiger partial charge in [0.15, 0.2) is 0 Å². The molecule has 1 saturated carbocycles. The van der Waals surface area contributed by atoms with Crippen molar-refractivity contribution in [1.29, 1.82) is 10.5 Å². The van der Waals surface area contributed by atoms with Crippen LogP contribution in [0.25, 0.3) is 0 Å². The molecule has 0 aromatic rings. The Morgan fingerprint density at radius 3 is 1.25 bits per heavy atom. The molecular weight excluding hydrogens is 152 g/mol. The van der Waals surface area contributed by atoms with E-state index in [0.29, 0.717) is 25.7 Å². The lowest BCUT2D eigenvalue weighted by Gasteiger charge is -2.34. The lowest BCUT2D eigenvalue weighted by Crippen LogP contribution is -2.51. The highest BCUT2D eigenvalue weighted by Gasteiger charge is 2.38. The van der Waals surface area contributed by atoms with E-state index in [4.69, 9.17) is 22.0 Å². The lowest BCUT2D eigenvalue weighted by atomic mass is 9.74. The van der Waals surface area contributed by atoms with Gasteiger partial charge in [0.05, 0.1) is 12.1 Å². The van der Waals surface area contributed by atoms with Gasteiger partial charge in [0.25, 0.3) is 0 Å². The highest BCUT2D eigenvalue weighted by atomic mass is 14.8. The van der Waals surface area contributed by atoms with Crippen molar-refractivity contribution in [3.05, 3.63) is 0 Å². The Morgan fingerprint density at radius 1 is 0.833 bits per heavy atom. The number of hydrogen-bond donors (Lipinski definition) is 2. The summed E-state index contributed by atoms with van der Waals surface area (Å²) in [7, 11) is 0. The van der Waals surface area contributed by atoms with E-state index in [9.17, 15) is 0 Å². The number of nitrogens with zero attached hydrogens (tertiary/aromatic N) is 2. The molecule has 0 unspecified atom stereocenters. The van der Waals surface area contributed by atoms with Crippen molar-refractivity contribution in [1.82, 2.24) is 0 Å². The first-order valence-electron chi connectivity index (χ1n) is 3.94. The maximum atomic E-state index is 8.69. The monoisotopic (exact) mass is 164 g/mol. The van der Waals surface area contributed by atoms with Gasteiger partial charge in [0, 0.05) is 0 Å². The molecule has 0 aromatic heterocycles. The van der Waals surface area contributed by atoms with E-state index in [-0.39, 0.29) is 0 Å². The highest BCUT2D eigenvalue weighted by molar-refractivity contribution is 5.16. The first-order chi connectivity index (χ1) is 5.54. The maximum absolute atomic E-state index is 8.69. The summed E-state index contributed by atoms with van der Waals surface area (Å²) in [4.78, 5) is 0. The Hall–Kier alpha value is -1.10. The fourth-order valence-corrected chi connectivity index (χ4v) is 1.37. The van der Waals surface area contributed by atoms with Gasteiger partial charge in [-0.05, 0) is 25.7 Å². The molecule has 12 heavy (non-hydrogen) atoms. The summed E-state index contributed by atoms with van der Waals surface area (Å²) in [5.74, 6) is 0. The third-order valence-electron chi connectivity index (χ3n) is 2.48. The van der Waals surface area contributed by atoms with E-state index in [2.05, 4.69) is 12.1 Å². The molecule has 0 radical (unpaired) electrons. The molecule has 0 saturated heterocycles. The van der Waals surface area contributed by atoms with E-state index in [0.717, 1.165) is 0 Å². The van der Waals surface area contributed by atoms with Crippen molar-refractivity contribution in [2.24, 2.45) is 11.5 Å². The number of rotatable bonds is 0. The Balaban J connectivity index is 2.64. The zero-order valence-corrected chi connectivity index (χ0v) is 6.88. The van der Waals surface area contributed by atoms with Gasteiger partial charge in [-0.25, -0.2) is 0 Å². The van der Waals surface area contributed by atoms with Gasteiger partial charge < -0.3 is 11.5 Å². The van der Waals surface area contributed by atoms with Crippen LogP contribution < -0.4 is 11.5 Å². The summed E-state index contributed by atoms with van der Waals surface area (Å²) >= 11 is 0. The molecule has 0 atom stereocenters. The molecule has 0 bridgehead atoms. The number of nitrogens with two attached hydrogens (primary N) is 2. The molecule has 0 aromatic carbocycles. The minimum absolute atomic E-state index is 0.521. The average Bonchev–Trinajstić information content (AvgIpc) is 2.11. The molecule has 4 nitrogen and oxygen atoms in total. The lowest BCUT2D eigenvalue weighted by molar-refractivity contribution is 0.287. The Bertz CT molecular complexity index is 221. The zero-order chi connectivity index (χ0) is 9.24. The van der Waals surface area contributed by atoms with Gasteiger partial charge in [-0.3, -0.25) is 0 Å². The van der Waals surface area contributed by atoms with Crippen molar-refractivity contribution in [3.63, 3.8) is 0 Å². The van der Waals surface area contributed by atoms with Crippen LogP contribution in [-0.4, -0.2) is 11.1 Å². The molecule has 1 rings (SSSR count). The van der Waals surface area contributed by atoms with E-state index >= 15 is 0 Å². The fraction of sp³-hybridized carbons (Fsp3) is 0.750. The second-order valence-corrected chi connectivity index (χ2v) is 3.54. The highest BCUT2D eigenvalue weighted by Crippen LogP contribution is 2.30. The van der Waals surface area contributed by atoms with Gasteiger partial charge in [0.2, 0.25) is 0 Å². The molecule has 4 heteroatoms. The molecule has 0 spiro atoms. The van der Waals surface area contributed by atoms with Crippen LogP contribution in [0.15, 0.2) is 0 Å². The minimum atomic E-state index is -0.750. The van der Waals surface area contributed by atoms with Crippen LogP contribution in [0, 0.1) is 22.7 Å². The summed E-state index contributed by atoms with van der Waals surface area (Å²) in [5, 5.41) is 17.4. The SMILES string of the molecule is N#CC1(N)CCC(N)(C#N)CC1. The number of hydrogen-bond acceptors (Lipinski definition) is 4. The molecule has 0 amide bonds. The normalized spacial score (nSPS) is 41.3. The van der Waals surface area contributed by atoms with Crippen LogP contribution in [0.5, 0.6) is 0 Å². The minimum Gasteiger partial charge on any atom is -0.313 e. The van der Waals surface area contributed by atoms with Gasteiger partial charge >= 0.3 is 0 Å². The van der Waals surface area contributed by atoms with Gasteiger partial charge in [0.1, 0.15) is 11.1 Å². The second-order valence-electron chi connectivity index (χ2n) is 3.54. The van der Waals surface area contributed by atoms with E-state index in [1.807, 2.05) is 0 Å². The molecule has 1 aliphatic rings. The molecule has 1 aliphatic carbocycles. The first-order valence-corrected chi connectivity index (χ1v) is 3.94. The van der Waals surface area contributed by atoms with Crippen molar-refractivity contribution < 1.29 is 0 Å². The van der Waals surface area contributed by atoms with Crippen LogP contribution in [0.1, 0.15) is 25.7 Å². The Morgan fingerprint density at radius 2 is 1.08 bits per heavy atom. The van der Waals surface area contributed by atoms with Crippen LogP contribution in [0.2, 0.25) is 0 Å². The molecule has 0 aliphatic heterocycles. The summed E-state index contributed by atoms with van der Waals surface area (Å²) in [6, 6.07) is 4.11. The smallest absolute Gasteiger partial charge is 0.104 e. The van der Waals surface area contributed by atoms with Crippen molar-refractivity contribution >= 4 is 0 Å². The molecule has 64 valence electrons. The van der Waals surface area contributed by atoms with Crippen molar-refractivity contribution in [2.75, 3.05) is 0 Å². The maximum Gasteiger partial charge on any atom is 0.104 e. The first kappa shape index (κ1) is 8.99. The molecule has 0 heterocycles. The summed E-state index contributed by atoms with van der Waals surface area (Å²) in [5.41, 5.74) is 9.92. The second kappa shape index (κ2) is 2.75. The third-order valence-corrected chi connectivity index (χ3v) is 2.48. The molecular formula is C8H12N4. The Kier molecular flexibility index (Phi) is 2.06. The van der Waals surface area contributed by atoms with Crippen LogP contribution >= 0.6 is 0 Å². The van der Waals surface area contributed by atoms with Gasteiger partial charge in [-0.1, -0.05) is 0 Å². The number of nitriles is 2. The van der Waals surface area contributed by atoms with Gasteiger partial charge in [-0.2, -0.15) is 10.5 Å². The standard InChI is InChI=1S/C8H12N4/c9-5-7(11)1-2-8(12,6-10)4-3-7/h1-4,11-12H2. The molecule has 4 N–H and O–H groups in total. The van der Waals surface area contributed by atoms with E-state index < -0.39 is 11.1 Å². The summed E-state index contributed by atoms with van der Waals surface area (Å²) in [6.07, 6.45) is 2.09. The van der Waals surface area contributed by atoms with E-state index in [1.165, 1.54) is 0 Å². The van der Waals surface area contributed by atoms with Gasteiger partial charge in [-0.15, -0.1) is 0 Å². The summed E-state index contributed by atoms with van der Waals surface area (Å²) < 4.78 is 0. The quantitative estimate of drug-likeness (QED) is 0.526.